The van der Waals surface area contributed by atoms with Crippen molar-refractivity contribution in [2.24, 2.45) is 4.99 Å². The number of hydrogen-bond acceptors (Lipinski definition) is 4. The Morgan fingerprint density at radius 3 is 2.63 bits per heavy atom. The van der Waals surface area contributed by atoms with Crippen LogP contribution in [-0.2, 0) is 4.79 Å². The fraction of sp³-hybridized carbons (Fsp3) is 0.391. The average Bonchev–Trinajstić information content (AvgIpc) is 2.78. The fourth-order valence-corrected chi connectivity index (χ4v) is 4.18. The molecule has 2 aliphatic heterocycles. The summed E-state index contributed by atoms with van der Waals surface area (Å²) in [5, 5.41) is 0. The van der Waals surface area contributed by atoms with Gasteiger partial charge in [-0.05, 0) is 23.8 Å². The zero-order valence-corrected chi connectivity index (χ0v) is 17.4. The van der Waals surface area contributed by atoms with Crippen molar-refractivity contribution in [3.05, 3.63) is 59.8 Å². The number of piperazine rings is 1. The molecule has 1 atom stereocenters. The molecule has 1 fully saturated rings. The molecule has 1 saturated heterocycles. The first-order valence-corrected chi connectivity index (χ1v) is 10.7. The minimum absolute atomic E-state index is 0.297. The Balaban J connectivity index is 1.46. The van der Waals surface area contributed by atoms with Crippen molar-refractivity contribution in [1.82, 2.24) is 4.98 Å². The Labute approximate surface area is 177 Å². The molecule has 4 rings (SSSR count). The summed E-state index contributed by atoms with van der Waals surface area (Å²) >= 11 is 0. The van der Waals surface area contributed by atoms with Crippen molar-refractivity contribution in [3.8, 4) is 0 Å². The van der Waals surface area contributed by atoms with Gasteiger partial charge < -0.3 is 9.80 Å². The van der Waals surface area contributed by atoms with Gasteiger partial charge in [-0.2, -0.15) is 0 Å². The van der Waals surface area contributed by atoms with Gasteiger partial charge in [0.1, 0.15) is 32.0 Å². The van der Waals surface area contributed by atoms with E-state index in [1.54, 1.807) is 46.5 Å². The van der Waals surface area contributed by atoms with Gasteiger partial charge in [-0.3, -0.25) is 14.6 Å². The number of carbonyl (C=O) groups is 2. The number of rotatable bonds is 6. The highest BCUT2D eigenvalue weighted by Gasteiger charge is 2.39. The van der Waals surface area contributed by atoms with Crippen LogP contribution in [0.2, 0.25) is 0 Å². The van der Waals surface area contributed by atoms with Gasteiger partial charge in [0.15, 0.2) is 0 Å². The maximum absolute atomic E-state index is 13.2. The molecule has 30 heavy (non-hydrogen) atoms. The van der Waals surface area contributed by atoms with Crippen LogP contribution < -0.4 is 14.7 Å². The van der Waals surface area contributed by atoms with Crippen LogP contribution in [0.4, 0.5) is 5.82 Å². The van der Waals surface area contributed by atoms with Crippen LogP contribution in [-0.4, -0.2) is 69.3 Å². The predicted octanol–water partition coefficient (Wildman–Crippen LogP) is -0.774. The van der Waals surface area contributed by atoms with E-state index in [0.29, 0.717) is 17.9 Å². The summed E-state index contributed by atoms with van der Waals surface area (Å²) in [5.41, 5.74) is 1.25. The van der Waals surface area contributed by atoms with Crippen molar-refractivity contribution < 1.29 is 19.4 Å². The number of benzene rings is 1. The quantitative estimate of drug-likeness (QED) is 0.375. The van der Waals surface area contributed by atoms with Crippen LogP contribution in [0.5, 0.6) is 0 Å². The monoisotopic (exact) mass is 407 g/mol. The highest BCUT2D eigenvalue weighted by molar-refractivity contribution is 6.28. The van der Waals surface area contributed by atoms with E-state index in [0.717, 1.165) is 18.5 Å². The number of aliphatic imine (C=N–C) groups is 1. The van der Waals surface area contributed by atoms with E-state index in [4.69, 9.17) is 0 Å². The normalized spacial score (nSPS) is 24.3. The van der Waals surface area contributed by atoms with Crippen LogP contribution in [0.25, 0.3) is 0 Å². The van der Waals surface area contributed by atoms with E-state index in [-0.39, 0.29) is 11.8 Å². The second-order valence-electron chi connectivity index (χ2n) is 8.10. The van der Waals surface area contributed by atoms with Gasteiger partial charge in [0, 0.05) is 30.9 Å². The maximum atomic E-state index is 13.2. The molecule has 1 aromatic carbocycles. The molecule has 0 aliphatic carbocycles. The molecule has 156 valence electrons. The number of quaternary nitrogens is 2. The van der Waals surface area contributed by atoms with Crippen molar-refractivity contribution in [2.45, 2.75) is 12.3 Å². The van der Waals surface area contributed by atoms with Gasteiger partial charge in [-0.15, -0.1) is 0 Å². The number of fused-ring (bicyclic) bond motifs is 1. The lowest BCUT2D eigenvalue weighted by molar-refractivity contribution is -1.00. The van der Waals surface area contributed by atoms with Crippen LogP contribution >= 0.6 is 0 Å². The van der Waals surface area contributed by atoms with Gasteiger partial charge in [0.2, 0.25) is 5.91 Å². The number of nitrogens with zero attached hydrogens (tertiary/aromatic N) is 3. The Hall–Kier alpha value is -2.90. The summed E-state index contributed by atoms with van der Waals surface area (Å²) in [6.07, 6.45) is 4.30. The van der Waals surface area contributed by atoms with E-state index in [2.05, 4.69) is 17.0 Å². The van der Waals surface area contributed by atoms with E-state index in [1.807, 2.05) is 18.2 Å². The highest BCUT2D eigenvalue weighted by atomic mass is 16.2. The summed E-state index contributed by atoms with van der Waals surface area (Å²) in [6.45, 7) is 6.68. The largest absolute Gasteiger partial charge is 0.328 e. The molecule has 0 bridgehead atoms. The third kappa shape index (κ3) is 4.32. The number of nitrogens with one attached hydrogen (secondary N) is 2. The smallest absolute Gasteiger partial charge is 0.266 e. The zero-order chi connectivity index (χ0) is 20.9. The summed E-state index contributed by atoms with van der Waals surface area (Å²) < 4.78 is 0. The van der Waals surface area contributed by atoms with Crippen LogP contribution in [0, 0.1) is 0 Å². The van der Waals surface area contributed by atoms with Gasteiger partial charge in [-0.25, -0.2) is 9.88 Å². The Morgan fingerprint density at radius 2 is 1.87 bits per heavy atom. The van der Waals surface area contributed by atoms with Crippen LogP contribution in [0.1, 0.15) is 28.3 Å². The third-order valence-corrected chi connectivity index (χ3v) is 5.98. The van der Waals surface area contributed by atoms with Crippen molar-refractivity contribution >= 4 is 23.8 Å². The lowest BCUT2D eigenvalue weighted by Gasteiger charge is -2.30. The number of amides is 2. The van der Waals surface area contributed by atoms with E-state index < -0.39 is 5.92 Å². The standard InChI is InChI=1S/C23H27N5O2/c1-26-13-15-27(16-14-26)12-6-10-24-17-20-18-7-2-3-8-19(18)22(29)28(23(20)30)21-9-4-5-11-25-21/h2-5,7-9,11,17,20H,6,10,12-16H2,1H3/p+2. The summed E-state index contributed by atoms with van der Waals surface area (Å²) in [5.74, 6) is -0.852. The first kappa shape index (κ1) is 20.4. The third-order valence-electron chi connectivity index (χ3n) is 5.98. The molecule has 2 aromatic rings. The first-order chi connectivity index (χ1) is 14.6. The minimum Gasteiger partial charge on any atom is -0.328 e. The second kappa shape index (κ2) is 9.28. The molecule has 1 unspecified atom stereocenters. The summed E-state index contributed by atoms with van der Waals surface area (Å²) in [4.78, 5) is 39.4. The van der Waals surface area contributed by atoms with E-state index in [1.165, 1.54) is 31.1 Å². The molecule has 2 N–H and O–H groups in total. The van der Waals surface area contributed by atoms with Crippen LogP contribution in [0.3, 0.4) is 0 Å². The topological polar surface area (TPSA) is 71.5 Å². The summed E-state index contributed by atoms with van der Waals surface area (Å²) in [7, 11) is 2.25. The molecule has 3 heterocycles. The van der Waals surface area contributed by atoms with Crippen molar-refractivity contribution in [3.63, 3.8) is 0 Å². The van der Waals surface area contributed by atoms with Gasteiger partial charge in [0.05, 0.1) is 19.5 Å². The molecule has 7 heteroatoms. The lowest BCUT2D eigenvalue weighted by Crippen LogP contribution is -3.27. The molecule has 0 spiro atoms. The molecular weight excluding hydrogens is 378 g/mol. The molecular formula is C23H29N5O2+2. The number of imide groups is 1. The van der Waals surface area contributed by atoms with Gasteiger partial charge >= 0.3 is 0 Å². The molecule has 2 amide bonds. The molecule has 7 nitrogen and oxygen atoms in total. The molecule has 1 aromatic heterocycles. The van der Waals surface area contributed by atoms with E-state index >= 15 is 0 Å². The van der Waals surface area contributed by atoms with Gasteiger partial charge in [-0.1, -0.05) is 24.3 Å². The number of likely N-dealkylation sites (N-methyl/N-ethyl adjacent to an activating group) is 1. The van der Waals surface area contributed by atoms with Gasteiger partial charge in [0.25, 0.3) is 5.91 Å². The van der Waals surface area contributed by atoms with Crippen LogP contribution in [0.15, 0.2) is 53.7 Å². The molecule has 2 aliphatic rings. The zero-order valence-electron chi connectivity index (χ0n) is 17.4. The number of anilines is 1. The SMILES string of the molecule is C[NH+]1CC[NH+](CCCN=CC2C(=O)N(c3ccccn3)C(=O)c3ccccc32)CC1. The van der Waals surface area contributed by atoms with E-state index in [9.17, 15) is 9.59 Å². The molecule has 0 radical (unpaired) electrons. The van der Waals surface area contributed by atoms with Crippen molar-refractivity contribution in [1.29, 1.82) is 0 Å². The number of hydrogen-bond donors (Lipinski definition) is 2. The highest BCUT2D eigenvalue weighted by Crippen LogP contribution is 2.30. The number of aromatic nitrogens is 1. The number of carbonyl (C=O) groups excluding carboxylic acids is 2. The second-order valence-corrected chi connectivity index (χ2v) is 8.10. The Bertz CT molecular complexity index is 922. The fourth-order valence-electron chi connectivity index (χ4n) is 4.18. The maximum Gasteiger partial charge on any atom is 0.266 e. The first-order valence-electron chi connectivity index (χ1n) is 10.7. The predicted molar refractivity (Wildman–Crippen MR) is 115 cm³/mol. The Morgan fingerprint density at radius 1 is 1.10 bits per heavy atom. The minimum atomic E-state index is -0.569. The Kier molecular flexibility index (Phi) is 6.30. The lowest BCUT2D eigenvalue weighted by atomic mass is 9.89. The molecule has 0 saturated carbocycles. The number of pyridine rings is 1. The summed E-state index contributed by atoms with van der Waals surface area (Å²) in [6, 6.07) is 12.5. The van der Waals surface area contributed by atoms with Crippen molar-refractivity contribution in [2.75, 3.05) is 51.2 Å². The average molecular weight is 408 g/mol.